The zero-order valence-corrected chi connectivity index (χ0v) is 14.3. The molecule has 2 N–H and O–H groups in total. The Morgan fingerprint density at radius 1 is 1.43 bits per heavy atom. The minimum absolute atomic E-state index is 0.110. The first-order valence-electron chi connectivity index (χ1n) is 7.30. The maximum Gasteiger partial charge on any atom is 0.250 e. The topological polar surface area (TPSA) is 69.6 Å². The molecule has 1 aliphatic heterocycles. The highest BCUT2D eigenvalue weighted by Crippen LogP contribution is 2.26. The highest BCUT2D eigenvalue weighted by molar-refractivity contribution is 7.91. The third-order valence-electron chi connectivity index (χ3n) is 4.09. The van der Waals surface area contributed by atoms with E-state index in [4.69, 9.17) is 5.11 Å². The molecule has 1 saturated heterocycles. The molecule has 0 aliphatic carbocycles. The van der Waals surface area contributed by atoms with Crippen LogP contribution in [0.3, 0.4) is 0 Å². The number of hydrogen-bond donors (Lipinski definition) is 2. The summed E-state index contributed by atoms with van der Waals surface area (Å²) in [7, 11) is -1.31. The molecule has 0 radical (unpaired) electrons. The largest absolute Gasteiger partial charge is 0.391 e. The second-order valence-corrected chi connectivity index (χ2v) is 8.89. The first kappa shape index (κ1) is 16.9. The van der Waals surface area contributed by atoms with E-state index in [1.165, 1.54) is 0 Å². The Balaban J connectivity index is 1.86. The lowest BCUT2D eigenvalue weighted by atomic mass is 9.94. The van der Waals surface area contributed by atoms with Crippen LogP contribution in [0, 0.1) is 12.8 Å². The Kier molecular flexibility index (Phi) is 5.79. The van der Waals surface area contributed by atoms with Crippen molar-refractivity contribution in [3.8, 4) is 0 Å². The van der Waals surface area contributed by atoms with Crippen LogP contribution < -0.4 is 4.72 Å². The van der Waals surface area contributed by atoms with Crippen molar-refractivity contribution >= 4 is 21.4 Å². The Bertz CT molecular complexity index is 561. The summed E-state index contributed by atoms with van der Waals surface area (Å²) < 4.78 is 27.4. The van der Waals surface area contributed by atoms with Gasteiger partial charge in [-0.2, -0.15) is 0 Å². The van der Waals surface area contributed by atoms with Crippen molar-refractivity contribution in [2.24, 2.45) is 5.92 Å². The zero-order chi connectivity index (χ0) is 15.5. The molecule has 2 rings (SSSR count). The van der Waals surface area contributed by atoms with E-state index < -0.39 is 10.0 Å². The van der Waals surface area contributed by atoms with Crippen molar-refractivity contribution in [2.45, 2.75) is 37.0 Å². The van der Waals surface area contributed by atoms with Gasteiger partial charge in [0.2, 0.25) is 10.0 Å². The Morgan fingerprint density at radius 2 is 2.10 bits per heavy atom. The van der Waals surface area contributed by atoms with Crippen molar-refractivity contribution in [3.63, 3.8) is 0 Å². The predicted octanol–water partition coefficient (Wildman–Crippen LogP) is 1.56. The van der Waals surface area contributed by atoms with Gasteiger partial charge < -0.3 is 10.0 Å². The molecule has 0 atom stereocenters. The first-order chi connectivity index (χ1) is 9.92. The van der Waals surface area contributed by atoms with Crippen molar-refractivity contribution < 1.29 is 13.5 Å². The van der Waals surface area contributed by atoms with Crippen LogP contribution in [-0.4, -0.2) is 45.1 Å². The van der Waals surface area contributed by atoms with Gasteiger partial charge in [-0.3, -0.25) is 0 Å². The number of aliphatic hydroxyl groups is 1. The van der Waals surface area contributed by atoms with E-state index in [9.17, 15) is 8.42 Å². The summed E-state index contributed by atoms with van der Waals surface area (Å²) in [6, 6.07) is 1.63. The van der Waals surface area contributed by atoms with Crippen LogP contribution in [0.25, 0.3) is 0 Å². The summed E-state index contributed by atoms with van der Waals surface area (Å²) in [5, 5.41) is 9.16. The van der Waals surface area contributed by atoms with Crippen LogP contribution in [0.1, 0.15) is 29.7 Å². The lowest BCUT2D eigenvalue weighted by Crippen LogP contribution is -2.32. The van der Waals surface area contributed by atoms with E-state index in [2.05, 4.69) is 16.7 Å². The van der Waals surface area contributed by atoms with Crippen LogP contribution in [0.15, 0.2) is 10.3 Å². The molecule has 1 aliphatic rings. The van der Waals surface area contributed by atoms with Crippen molar-refractivity contribution in [3.05, 3.63) is 16.5 Å². The highest BCUT2D eigenvalue weighted by Gasteiger charge is 2.20. The SMILES string of the molecule is Cc1cc(S(=O)(=O)NCCC2CCN(C)CC2)sc1CO. The van der Waals surface area contributed by atoms with Crippen molar-refractivity contribution in [1.82, 2.24) is 9.62 Å². The van der Waals surface area contributed by atoms with Crippen molar-refractivity contribution in [2.75, 3.05) is 26.7 Å². The monoisotopic (exact) mass is 332 g/mol. The molecule has 0 bridgehead atoms. The number of nitrogens with one attached hydrogen (secondary N) is 1. The van der Waals surface area contributed by atoms with Gasteiger partial charge >= 0.3 is 0 Å². The minimum Gasteiger partial charge on any atom is -0.391 e. The van der Waals surface area contributed by atoms with Gasteiger partial charge in [-0.05, 0) is 63.9 Å². The molecule has 1 aromatic rings. The average Bonchev–Trinajstić information content (AvgIpc) is 2.83. The molecule has 2 heterocycles. The summed E-state index contributed by atoms with van der Waals surface area (Å²) in [4.78, 5) is 3.02. The third kappa shape index (κ3) is 4.50. The summed E-state index contributed by atoms with van der Waals surface area (Å²) in [6.07, 6.45) is 3.18. The van der Waals surface area contributed by atoms with Crippen LogP contribution in [0.4, 0.5) is 0 Å². The van der Waals surface area contributed by atoms with Gasteiger partial charge in [0.05, 0.1) is 6.61 Å². The van der Waals surface area contributed by atoms with Gasteiger partial charge in [0, 0.05) is 11.4 Å². The van der Waals surface area contributed by atoms with Crippen LogP contribution >= 0.6 is 11.3 Å². The summed E-state index contributed by atoms with van der Waals surface area (Å²) in [6.45, 7) is 4.39. The second kappa shape index (κ2) is 7.19. The van der Waals surface area contributed by atoms with Gasteiger partial charge in [0.1, 0.15) is 4.21 Å². The number of aliphatic hydroxyl groups excluding tert-OH is 1. The number of sulfonamides is 1. The fraction of sp³-hybridized carbons (Fsp3) is 0.714. The fourth-order valence-corrected chi connectivity index (χ4v) is 5.14. The lowest BCUT2D eigenvalue weighted by Gasteiger charge is -2.28. The first-order valence-corrected chi connectivity index (χ1v) is 9.60. The summed E-state index contributed by atoms with van der Waals surface area (Å²) in [5.41, 5.74) is 0.832. The number of aryl methyl sites for hydroxylation is 1. The molecule has 0 spiro atoms. The quantitative estimate of drug-likeness (QED) is 0.829. The molecule has 120 valence electrons. The molecule has 21 heavy (non-hydrogen) atoms. The van der Waals surface area contributed by atoms with E-state index >= 15 is 0 Å². The summed E-state index contributed by atoms with van der Waals surface area (Å²) in [5.74, 6) is 0.613. The van der Waals surface area contributed by atoms with Gasteiger partial charge in [-0.1, -0.05) is 0 Å². The molecule has 7 heteroatoms. The van der Waals surface area contributed by atoms with Crippen LogP contribution in [0.2, 0.25) is 0 Å². The lowest BCUT2D eigenvalue weighted by molar-refractivity contribution is 0.213. The third-order valence-corrected chi connectivity index (χ3v) is 7.25. The van der Waals surface area contributed by atoms with E-state index in [-0.39, 0.29) is 6.61 Å². The molecule has 1 fully saturated rings. The number of nitrogens with zero attached hydrogens (tertiary/aromatic N) is 1. The van der Waals surface area contributed by atoms with Gasteiger partial charge in [0.25, 0.3) is 0 Å². The van der Waals surface area contributed by atoms with Gasteiger partial charge in [0.15, 0.2) is 0 Å². The number of thiophene rings is 1. The number of likely N-dealkylation sites (tertiary alicyclic amines) is 1. The Labute approximate surface area is 131 Å². The average molecular weight is 332 g/mol. The van der Waals surface area contributed by atoms with E-state index in [1.807, 2.05) is 6.92 Å². The normalized spacial score (nSPS) is 18.2. The maximum absolute atomic E-state index is 12.2. The molecule has 1 aromatic heterocycles. The Hall–Kier alpha value is -0.470. The molecule has 0 unspecified atom stereocenters. The molecule has 5 nitrogen and oxygen atoms in total. The Morgan fingerprint density at radius 3 is 2.67 bits per heavy atom. The predicted molar refractivity (Wildman–Crippen MR) is 85.0 cm³/mol. The van der Waals surface area contributed by atoms with Crippen LogP contribution in [0.5, 0.6) is 0 Å². The molecular weight excluding hydrogens is 308 g/mol. The smallest absolute Gasteiger partial charge is 0.250 e. The number of rotatable bonds is 6. The highest BCUT2D eigenvalue weighted by atomic mass is 32.2. The number of piperidine rings is 1. The maximum atomic E-state index is 12.2. The zero-order valence-electron chi connectivity index (χ0n) is 12.6. The fourth-order valence-electron chi connectivity index (χ4n) is 2.60. The molecular formula is C14H24N2O3S2. The molecule has 0 aromatic carbocycles. The van der Waals surface area contributed by atoms with E-state index in [1.54, 1.807) is 6.07 Å². The second-order valence-electron chi connectivity index (χ2n) is 5.76. The van der Waals surface area contributed by atoms with Crippen LogP contribution in [-0.2, 0) is 16.6 Å². The standard InChI is InChI=1S/C14H24N2O3S2/c1-11-9-14(20-13(11)10-17)21(18,19)15-6-3-12-4-7-16(2)8-5-12/h9,12,15,17H,3-8,10H2,1-2H3. The van der Waals surface area contributed by atoms with Gasteiger partial charge in [-0.25, -0.2) is 13.1 Å². The molecule has 0 saturated carbocycles. The van der Waals surface area contributed by atoms with E-state index in [0.717, 1.165) is 49.3 Å². The molecule has 0 amide bonds. The van der Waals surface area contributed by atoms with Gasteiger partial charge in [-0.15, -0.1) is 11.3 Å². The number of hydrogen-bond acceptors (Lipinski definition) is 5. The summed E-state index contributed by atoms with van der Waals surface area (Å²) >= 11 is 1.15. The van der Waals surface area contributed by atoms with E-state index in [0.29, 0.717) is 21.5 Å². The van der Waals surface area contributed by atoms with Crippen molar-refractivity contribution in [1.29, 1.82) is 0 Å². The minimum atomic E-state index is -3.44.